The molecule has 14 heavy (non-hydrogen) atoms. The first kappa shape index (κ1) is 9.76. The summed E-state index contributed by atoms with van der Waals surface area (Å²) in [6.07, 6.45) is -3.90. The van der Waals surface area contributed by atoms with Gasteiger partial charge in [0.2, 0.25) is 0 Å². The second-order valence-corrected chi connectivity index (χ2v) is 3.74. The maximum atomic E-state index is 12.2. The Balaban J connectivity index is 1.91. The van der Waals surface area contributed by atoms with Crippen LogP contribution in [0.1, 0.15) is 6.42 Å². The average Bonchev–Trinajstić information content (AvgIpc) is 2.63. The van der Waals surface area contributed by atoms with Gasteiger partial charge in [-0.15, -0.1) is 0 Å². The van der Waals surface area contributed by atoms with Crippen LogP contribution in [0.15, 0.2) is 0 Å². The van der Waals surface area contributed by atoms with Crippen molar-refractivity contribution < 1.29 is 22.7 Å². The molecule has 2 rings (SSSR count). The van der Waals surface area contributed by atoms with Crippen LogP contribution in [0.5, 0.6) is 0 Å². The Kier molecular flexibility index (Phi) is 1.99. The summed E-state index contributed by atoms with van der Waals surface area (Å²) in [5.74, 6) is -2.17. The molecule has 1 saturated carbocycles. The van der Waals surface area contributed by atoms with Gasteiger partial charge in [0.25, 0.3) is 0 Å². The molecule has 2 fully saturated rings. The van der Waals surface area contributed by atoms with Crippen molar-refractivity contribution in [1.29, 1.82) is 0 Å². The summed E-state index contributed by atoms with van der Waals surface area (Å²) >= 11 is 0. The molecule has 0 radical (unpaired) electrons. The van der Waals surface area contributed by atoms with Crippen LogP contribution in [0.25, 0.3) is 0 Å². The van der Waals surface area contributed by atoms with Gasteiger partial charge in [-0.05, 0) is 12.3 Å². The van der Waals surface area contributed by atoms with Gasteiger partial charge < -0.3 is 10.1 Å². The predicted octanol–water partition coefficient (Wildman–Crippen LogP) is 0.698. The fraction of sp³-hybridized carbons (Fsp3) is 0.875. The number of fused-ring (bicyclic) bond motifs is 1. The number of methoxy groups -OCH3 is 1. The van der Waals surface area contributed by atoms with E-state index in [9.17, 15) is 18.0 Å². The number of hydrogen-bond acceptors (Lipinski definition) is 3. The third-order valence-electron chi connectivity index (χ3n) is 2.93. The summed E-state index contributed by atoms with van der Waals surface area (Å²) in [5.41, 5.74) is 0. The molecule has 0 spiro atoms. The fourth-order valence-corrected chi connectivity index (χ4v) is 2.22. The number of nitrogens with one attached hydrogen (secondary N) is 1. The van der Waals surface area contributed by atoms with E-state index in [-0.39, 0.29) is 6.42 Å². The van der Waals surface area contributed by atoms with Crippen LogP contribution in [0.4, 0.5) is 13.2 Å². The molecular weight excluding hydrogens is 199 g/mol. The van der Waals surface area contributed by atoms with Gasteiger partial charge in [0.05, 0.1) is 13.0 Å². The van der Waals surface area contributed by atoms with Crippen LogP contribution in [0.2, 0.25) is 0 Å². The van der Waals surface area contributed by atoms with Crippen molar-refractivity contribution in [1.82, 2.24) is 5.32 Å². The maximum absolute atomic E-state index is 12.2. The Morgan fingerprint density at radius 3 is 2.50 bits per heavy atom. The normalized spacial score (nSPS) is 40.6. The van der Waals surface area contributed by atoms with E-state index in [1.54, 1.807) is 0 Å². The standard InChI is InChI=1S/C8H10F3NO2/c1-14-7(13)4-2-3-5(6(3)12-4)8(9,10)11/h3-6,12H,2H2,1H3. The van der Waals surface area contributed by atoms with Crippen molar-refractivity contribution in [3.8, 4) is 0 Å². The number of hydrogen-bond donors (Lipinski definition) is 1. The Labute approximate surface area is 78.6 Å². The lowest BCUT2D eigenvalue weighted by Crippen LogP contribution is -2.38. The number of halogens is 3. The monoisotopic (exact) mass is 209 g/mol. The van der Waals surface area contributed by atoms with Gasteiger partial charge in [0, 0.05) is 6.04 Å². The Hall–Kier alpha value is -0.780. The largest absolute Gasteiger partial charge is 0.468 e. The minimum absolute atomic E-state index is 0.238. The molecule has 1 aliphatic carbocycles. The van der Waals surface area contributed by atoms with Gasteiger partial charge in [-0.2, -0.15) is 13.2 Å². The highest BCUT2D eigenvalue weighted by Crippen LogP contribution is 2.55. The first-order valence-corrected chi connectivity index (χ1v) is 4.35. The summed E-state index contributed by atoms with van der Waals surface area (Å²) < 4.78 is 41.1. The molecule has 1 saturated heterocycles. The number of carbonyl (C=O) groups is 1. The predicted molar refractivity (Wildman–Crippen MR) is 40.4 cm³/mol. The van der Waals surface area contributed by atoms with Crippen LogP contribution < -0.4 is 5.32 Å². The van der Waals surface area contributed by atoms with Crippen LogP contribution in [-0.2, 0) is 9.53 Å². The van der Waals surface area contributed by atoms with Gasteiger partial charge in [-0.25, -0.2) is 0 Å². The summed E-state index contributed by atoms with van der Waals surface area (Å²) in [5, 5.41) is 2.64. The average molecular weight is 209 g/mol. The number of esters is 1. The summed E-state index contributed by atoms with van der Waals surface area (Å²) in [7, 11) is 1.23. The number of piperidine rings is 1. The molecule has 2 aliphatic rings. The Bertz CT molecular complexity index is 254. The second kappa shape index (κ2) is 2.85. The number of alkyl halides is 3. The van der Waals surface area contributed by atoms with E-state index in [1.807, 2.05) is 0 Å². The van der Waals surface area contributed by atoms with Gasteiger partial charge >= 0.3 is 12.1 Å². The molecule has 0 aromatic carbocycles. The summed E-state index contributed by atoms with van der Waals surface area (Å²) in [6.45, 7) is 0. The van der Waals surface area contributed by atoms with E-state index in [0.717, 1.165) is 0 Å². The maximum Gasteiger partial charge on any atom is 0.393 e. The van der Waals surface area contributed by atoms with Crippen molar-refractivity contribution in [2.24, 2.45) is 11.8 Å². The summed E-state index contributed by atoms with van der Waals surface area (Å²) in [4.78, 5) is 11.0. The Morgan fingerprint density at radius 2 is 2.14 bits per heavy atom. The smallest absolute Gasteiger partial charge is 0.393 e. The summed E-state index contributed by atoms with van der Waals surface area (Å²) in [6, 6.07) is -1.12. The number of carbonyl (C=O) groups excluding carboxylic acids is 1. The first-order valence-electron chi connectivity index (χ1n) is 4.35. The molecule has 1 heterocycles. The van der Waals surface area contributed by atoms with Crippen LogP contribution in [0, 0.1) is 11.8 Å². The van der Waals surface area contributed by atoms with Crippen molar-refractivity contribution in [2.75, 3.05) is 7.11 Å². The first-order chi connectivity index (χ1) is 6.45. The minimum atomic E-state index is -4.14. The zero-order valence-corrected chi connectivity index (χ0v) is 7.47. The molecule has 0 bridgehead atoms. The molecule has 80 valence electrons. The minimum Gasteiger partial charge on any atom is -0.468 e. The third kappa shape index (κ3) is 1.37. The quantitative estimate of drug-likeness (QED) is 0.646. The molecule has 0 aromatic rings. The third-order valence-corrected chi connectivity index (χ3v) is 2.93. The highest BCUT2D eigenvalue weighted by molar-refractivity contribution is 5.76. The van der Waals surface area contributed by atoms with Crippen LogP contribution in [-0.4, -0.2) is 31.3 Å². The SMILES string of the molecule is COC(=O)C1CC2C(N1)C2C(F)(F)F. The van der Waals surface area contributed by atoms with Crippen molar-refractivity contribution in [2.45, 2.75) is 24.7 Å². The van der Waals surface area contributed by atoms with E-state index in [2.05, 4.69) is 10.1 Å². The second-order valence-electron chi connectivity index (χ2n) is 3.74. The molecule has 3 nitrogen and oxygen atoms in total. The van der Waals surface area contributed by atoms with Crippen molar-refractivity contribution >= 4 is 5.97 Å². The molecule has 0 amide bonds. The van der Waals surface area contributed by atoms with Gasteiger partial charge in [0.1, 0.15) is 6.04 Å². The molecular formula is C8H10F3NO2. The van der Waals surface area contributed by atoms with Crippen LogP contribution >= 0.6 is 0 Å². The highest BCUT2D eigenvalue weighted by atomic mass is 19.4. The van der Waals surface area contributed by atoms with Crippen molar-refractivity contribution in [3.05, 3.63) is 0 Å². The van der Waals surface area contributed by atoms with E-state index in [4.69, 9.17) is 0 Å². The zero-order chi connectivity index (χ0) is 10.5. The van der Waals surface area contributed by atoms with Gasteiger partial charge in [-0.3, -0.25) is 4.79 Å². The van der Waals surface area contributed by atoms with Gasteiger partial charge in [0.15, 0.2) is 0 Å². The molecule has 1 N–H and O–H groups in total. The van der Waals surface area contributed by atoms with Crippen LogP contribution in [0.3, 0.4) is 0 Å². The molecule has 6 heteroatoms. The zero-order valence-electron chi connectivity index (χ0n) is 7.47. The lowest BCUT2D eigenvalue weighted by Gasteiger charge is -2.14. The van der Waals surface area contributed by atoms with Crippen molar-refractivity contribution in [3.63, 3.8) is 0 Å². The van der Waals surface area contributed by atoms with E-state index in [0.29, 0.717) is 0 Å². The lowest BCUT2D eigenvalue weighted by molar-refractivity contribution is -0.157. The molecule has 1 aliphatic heterocycles. The lowest BCUT2D eigenvalue weighted by atomic mass is 10.1. The molecule has 0 aromatic heterocycles. The van der Waals surface area contributed by atoms with E-state index >= 15 is 0 Å². The van der Waals surface area contributed by atoms with Gasteiger partial charge in [-0.1, -0.05) is 0 Å². The Morgan fingerprint density at radius 1 is 1.50 bits per heavy atom. The number of ether oxygens (including phenoxy) is 1. The van der Waals surface area contributed by atoms with E-state index in [1.165, 1.54) is 7.11 Å². The van der Waals surface area contributed by atoms with E-state index < -0.39 is 36.1 Å². The highest BCUT2D eigenvalue weighted by Gasteiger charge is 2.68. The molecule has 4 atom stereocenters. The fourth-order valence-electron chi connectivity index (χ4n) is 2.22. The number of rotatable bonds is 1. The topological polar surface area (TPSA) is 38.3 Å². The molecule has 4 unspecified atom stereocenters.